The molecule has 4 aromatic carbocycles. The molecule has 0 fully saturated rings. The summed E-state index contributed by atoms with van der Waals surface area (Å²) in [5.41, 5.74) is 1.60. The topological polar surface area (TPSA) is 266 Å². The van der Waals surface area contributed by atoms with Gasteiger partial charge in [-0.3, -0.25) is 19.2 Å². The second-order valence-corrected chi connectivity index (χ2v) is 14.8. The Kier molecular flexibility index (Phi) is 25.6. The highest BCUT2D eigenvalue weighted by atomic mass is 35.5. The molecule has 0 aliphatic heterocycles. The number of rotatable bonds is 12. The van der Waals surface area contributed by atoms with Crippen molar-refractivity contribution in [2.45, 2.75) is 0 Å². The molecule has 0 radical (unpaired) electrons. The van der Waals surface area contributed by atoms with Gasteiger partial charge in [0.05, 0.1) is 0 Å². The summed E-state index contributed by atoms with van der Waals surface area (Å²) in [5, 5.41) is 46.0. The van der Waals surface area contributed by atoms with Gasteiger partial charge in [0, 0.05) is 112 Å². The predicted molar refractivity (Wildman–Crippen MR) is 247 cm³/mol. The van der Waals surface area contributed by atoms with E-state index >= 15 is 0 Å². The summed E-state index contributed by atoms with van der Waals surface area (Å²) in [6, 6.07) is 18.1. The zero-order chi connectivity index (χ0) is 48.5. The summed E-state index contributed by atoms with van der Waals surface area (Å²) in [6.07, 6.45) is 6.55. The lowest BCUT2D eigenvalue weighted by molar-refractivity contribution is -0.132. The first-order valence-corrected chi connectivity index (χ1v) is 19.6. The van der Waals surface area contributed by atoms with Crippen LogP contribution >= 0.6 is 92.8 Å². The SMILES string of the molecule is O=C(O)/C=C\C(=O)Nc1cc(Cl)cc(Cl)c1.O=C(O)/C=C\C(=O)Nc1cc(Cl)cc(Cl)c1.O=C(O)/C=C\C(=O)Nc1cc(Cl)cc(Cl)c1.O=C(O)/C=C\C(=O)Nc1cc(Cl)cc(Cl)c1. The number of halogens is 8. The lowest BCUT2D eigenvalue weighted by atomic mass is 10.3. The molecule has 4 amide bonds. The number of carboxylic acid groups (broad SMARTS) is 4. The van der Waals surface area contributed by atoms with E-state index in [0.29, 0.717) is 62.9 Å². The van der Waals surface area contributed by atoms with E-state index in [-0.39, 0.29) is 0 Å². The van der Waals surface area contributed by atoms with Crippen molar-refractivity contribution in [3.63, 3.8) is 0 Å². The molecule has 0 aliphatic rings. The lowest BCUT2D eigenvalue weighted by Gasteiger charge is -2.03. The van der Waals surface area contributed by atoms with Crippen molar-refractivity contribution in [3.05, 3.63) is 162 Å². The molecule has 0 atom stereocenters. The highest BCUT2D eigenvalue weighted by Crippen LogP contribution is 2.25. The van der Waals surface area contributed by atoms with Crippen LogP contribution in [0.25, 0.3) is 0 Å². The molecule has 0 aromatic heterocycles. The van der Waals surface area contributed by atoms with Gasteiger partial charge in [-0.2, -0.15) is 0 Å². The molecule has 0 saturated heterocycles. The van der Waals surface area contributed by atoms with Crippen LogP contribution in [0.4, 0.5) is 22.7 Å². The fourth-order valence-corrected chi connectivity index (χ4v) is 5.93. The second-order valence-electron chi connectivity index (χ2n) is 11.3. The fraction of sp³-hybridized carbons (Fsp3) is 0. The van der Waals surface area contributed by atoms with Gasteiger partial charge in [0.15, 0.2) is 0 Å². The number of amides is 4. The van der Waals surface area contributed by atoms with E-state index in [4.69, 9.17) is 113 Å². The van der Waals surface area contributed by atoms with Gasteiger partial charge in [0.25, 0.3) is 0 Å². The third-order valence-corrected chi connectivity index (χ3v) is 7.78. The largest absolute Gasteiger partial charge is 0.478 e. The van der Waals surface area contributed by atoms with E-state index in [1.807, 2.05) is 0 Å². The van der Waals surface area contributed by atoms with Crippen LogP contribution < -0.4 is 21.3 Å². The van der Waals surface area contributed by atoms with Gasteiger partial charge in [-0.05, 0) is 72.8 Å². The molecule has 0 heterocycles. The van der Waals surface area contributed by atoms with Gasteiger partial charge >= 0.3 is 23.9 Å². The van der Waals surface area contributed by atoms with Crippen LogP contribution in [-0.4, -0.2) is 67.9 Å². The first-order chi connectivity index (χ1) is 29.9. The predicted octanol–water partition coefficient (Wildman–Crippen LogP) is 10.3. The number of aliphatic carboxylic acids is 4. The van der Waals surface area contributed by atoms with E-state index in [1.54, 1.807) is 0 Å². The molecule has 0 saturated carbocycles. The van der Waals surface area contributed by atoms with Crippen LogP contribution in [0.1, 0.15) is 0 Å². The Morgan fingerprint density at radius 3 is 0.547 bits per heavy atom. The molecule has 0 bridgehead atoms. The summed E-state index contributed by atoms with van der Waals surface area (Å²) in [6.45, 7) is 0. The fourth-order valence-electron chi connectivity index (χ4n) is 3.83. The molecular formula is C40H28Cl8N4O12. The quantitative estimate of drug-likeness (QED) is 0.0616. The average Bonchev–Trinajstić information content (AvgIpc) is 3.14. The number of anilines is 4. The molecule has 24 heteroatoms. The normalized spacial score (nSPS) is 10.4. The summed E-state index contributed by atoms with van der Waals surface area (Å²) < 4.78 is 0. The number of carboxylic acids is 4. The Hall–Kier alpha value is -6.08. The molecule has 0 aliphatic carbocycles. The van der Waals surface area contributed by atoms with Crippen LogP contribution in [0.5, 0.6) is 0 Å². The maximum atomic E-state index is 11.2. The number of hydrogen-bond acceptors (Lipinski definition) is 8. The Balaban J connectivity index is 0.000000427. The zero-order valence-corrected chi connectivity index (χ0v) is 37.7. The van der Waals surface area contributed by atoms with E-state index in [0.717, 1.165) is 48.6 Å². The van der Waals surface area contributed by atoms with Gasteiger partial charge in [-0.15, -0.1) is 0 Å². The molecule has 0 spiro atoms. The average molecular weight is 1040 g/mol. The van der Waals surface area contributed by atoms with Crippen LogP contribution in [-0.2, 0) is 38.4 Å². The van der Waals surface area contributed by atoms with Gasteiger partial charge in [-0.25, -0.2) is 19.2 Å². The van der Waals surface area contributed by atoms with Crippen molar-refractivity contribution in [1.82, 2.24) is 0 Å². The van der Waals surface area contributed by atoms with Crippen molar-refractivity contribution in [2.24, 2.45) is 0 Å². The lowest BCUT2D eigenvalue weighted by Crippen LogP contribution is -2.08. The number of carbonyl (C=O) groups excluding carboxylic acids is 4. The van der Waals surface area contributed by atoms with Gasteiger partial charge in [0.1, 0.15) is 0 Å². The smallest absolute Gasteiger partial charge is 0.328 e. The summed E-state index contributed by atoms with van der Waals surface area (Å²) in [4.78, 5) is 85.4. The van der Waals surface area contributed by atoms with Crippen molar-refractivity contribution in [1.29, 1.82) is 0 Å². The molecule has 64 heavy (non-hydrogen) atoms. The number of benzene rings is 4. The minimum absolute atomic E-state index is 0.380. The van der Waals surface area contributed by atoms with Gasteiger partial charge in [0.2, 0.25) is 23.6 Å². The first-order valence-electron chi connectivity index (χ1n) is 16.6. The zero-order valence-electron chi connectivity index (χ0n) is 31.6. The van der Waals surface area contributed by atoms with Crippen LogP contribution in [0.3, 0.4) is 0 Å². The minimum Gasteiger partial charge on any atom is -0.478 e. The van der Waals surface area contributed by atoms with Crippen LogP contribution in [0, 0.1) is 0 Å². The van der Waals surface area contributed by atoms with Crippen molar-refractivity contribution in [2.75, 3.05) is 21.3 Å². The van der Waals surface area contributed by atoms with Crippen molar-refractivity contribution < 1.29 is 58.8 Å². The summed E-state index contributed by atoms with van der Waals surface area (Å²) in [5.74, 6) is -7.06. The van der Waals surface area contributed by atoms with Crippen LogP contribution in [0.15, 0.2) is 121 Å². The van der Waals surface area contributed by atoms with E-state index in [1.165, 1.54) is 72.8 Å². The number of nitrogens with one attached hydrogen (secondary N) is 4. The Bertz CT molecular complexity index is 2090. The summed E-state index contributed by atoms with van der Waals surface area (Å²) >= 11 is 45.7. The maximum Gasteiger partial charge on any atom is 0.328 e. The molecule has 4 rings (SSSR count). The highest BCUT2D eigenvalue weighted by molar-refractivity contribution is 6.37. The van der Waals surface area contributed by atoms with E-state index in [2.05, 4.69) is 21.3 Å². The Morgan fingerprint density at radius 2 is 0.422 bits per heavy atom. The molecule has 8 N–H and O–H groups in total. The number of carbonyl (C=O) groups is 8. The number of hydrogen-bond donors (Lipinski definition) is 8. The van der Waals surface area contributed by atoms with Crippen molar-refractivity contribution in [3.8, 4) is 0 Å². The van der Waals surface area contributed by atoms with E-state index in [9.17, 15) is 38.4 Å². The van der Waals surface area contributed by atoms with Crippen molar-refractivity contribution >= 4 is 163 Å². The third kappa shape index (κ3) is 27.8. The molecule has 0 unspecified atom stereocenters. The summed E-state index contributed by atoms with van der Waals surface area (Å²) in [7, 11) is 0. The van der Waals surface area contributed by atoms with Gasteiger partial charge < -0.3 is 41.7 Å². The first kappa shape index (κ1) is 55.9. The molecule has 336 valence electrons. The Morgan fingerprint density at radius 1 is 0.281 bits per heavy atom. The third-order valence-electron chi connectivity index (χ3n) is 6.03. The highest BCUT2D eigenvalue weighted by Gasteiger charge is 2.05. The standard InChI is InChI=1S/4C10H7Cl2NO3/c4*11-6-3-7(12)5-8(4-6)13-9(14)1-2-10(15)16/h4*1-5H,(H,13,14)(H,15,16)/b4*2-1-. The van der Waals surface area contributed by atoms with Gasteiger partial charge in [-0.1, -0.05) is 92.8 Å². The second kappa shape index (κ2) is 29.3. The molecular weight excluding hydrogens is 1010 g/mol. The minimum atomic E-state index is -1.20. The van der Waals surface area contributed by atoms with Crippen LogP contribution in [0.2, 0.25) is 40.2 Å². The Labute approximate surface area is 402 Å². The monoisotopic (exact) mass is 1040 g/mol. The van der Waals surface area contributed by atoms with E-state index < -0.39 is 47.5 Å². The molecule has 4 aromatic rings. The molecule has 16 nitrogen and oxygen atoms in total. The maximum absolute atomic E-state index is 11.2.